The highest BCUT2D eigenvalue weighted by Crippen LogP contribution is 2.05. The van der Waals surface area contributed by atoms with Crippen molar-refractivity contribution in [2.45, 2.75) is 21.3 Å². The first-order valence-electron chi connectivity index (χ1n) is 3.85. The van der Waals surface area contributed by atoms with E-state index in [1.54, 1.807) is 6.33 Å². The lowest BCUT2D eigenvalue weighted by Gasteiger charge is -1.81. The normalized spacial score (nSPS) is 8.17. The summed E-state index contributed by atoms with van der Waals surface area (Å²) in [6.07, 6.45) is 1.70. The quantitative estimate of drug-likeness (QED) is 0.636. The number of H-pyrrole nitrogens is 1. The number of para-hydroxylation sites is 2. The van der Waals surface area contributed by atoms with Crippen LogP contribution in [0, 0.1) is 0 Å². The van der Waals surface area contributed by atoms with Gasteiger partial charge in [0.2, 0.25) is 0 Å². The Hall–Kier alpha value is -1.31. The van der Waals surface area contributed by atoms with Crippen molar-refractivity contribution in [3.63, 3.8) is 0 Å². The van der Waals surface area contributed by atoms with Crippen LogP contribution in [0.5, 0.6) is 0 Å². The minimum absolute atomic E-state index is 0. The lowest BCUT2D eigenvalue weighted by molar-refractivity contribution is 1.34. The Bertz CT molecular complexity index is 282. The summed E-state index contributed by atoms with van der Waals surface area (Å²) >= 11 is 0. The molecule has 0 saturated heterocycles. The number of hydrogen-bond donors (Lipinski definition) is 1. The number of aromatic nitrogens is 2. The molecule has 66 valence electrons. The standard InChI is InChI=1S/C7H6N2.C2H6.CH4/c1-2-4-7-6(3-1)8-5-9-7;1-2;/h1-5H,(H,8,9);1-2H3;1H4. The summed E-state index contributed by atoms with van der Waals surface area (Å²) in [5.41, 5.74) is 2.12. The number of rotatable bonds is 0. The molecule has 0 atom stereocenters. The van der Waals surface area contributed by atoms with Crippen molar-refractivity contribution in [3.8, 4) is 0 Å². The van der Waals surface area contributed by atoms with Gasteiger partial charge in [0.05, 0.1) is 17.4 Å². The van der Waals surface area contributed by atoms with E-state index >= 15 is 0 Å². The molecule has 12 heavy (non-hydrogen) atoms. The van der Waals surface area contributed by atoms with E-state index < -0.39 is 0 Å². The second-order valence-electron chi connectivity index (χ2n) is 1.92. The zero-order chi connectivity index (χ0) is 8.10. The molecule has 0 unspecified atom stereocenters. The first kappa shape index (κ1) is 10.7. The third kappa shape index (κ3) is 2.09. The molecule has 2 heteroatoms. The number of fused-ring (bicyclic) bond motifs is 1. The molecule has 2 nitrogen and oxygen atoms in total. The van der Waals surface area contributed by atoms with E-state index in [0.29, 0.717) is 0 Å². The van der Waals surface area contributed by atoms with Crippen molar-refractivity contribution in [3.05, 3.63) is 30.6 Å². The topological polar surface area (TPSA) is 28.7 Å². The van der Waals surface area contributed by atoms with Gasteiger partial charge in [-0.1, -0.05) is 33.4 Å². The molecule has 0 fully saturated rings. The highest BCUT2D eigenvalue weighted by molar-refractivity contribution is 5.73. The number of nitrogens with zero attached hydrogens (tertiary/aromatic N) is 1. The number of imidazole rings is 1. The molecule has 0 bridgehead atoms. The van der Waals surface area contributed by atoms with Crippen molar-refractivity contribution in [2.24, 2.45) is 0 Å². The molecule has 0 spiro atoms. The maximum atomic E-state index is 4.06. The van der Waals surface area contributed by atoms with Gasteiger partial charge in [0.15, 0.2) is 0 Å². The van der Waals surface area contributed by atoms with Crippen LogP contribution in [0.3, 0.4) is 0 Å². The summed E-state index contributed by atoms with van der Waals surface area (Å²) in [6, 6.07) is 7.94. The van der Waals surface area contributed by atoms with Crippen molar-refractivity contribution in [1.82, 2.24) is 9.97 Å². The van der Waals surface area contributed by atoms with Crippen molar-refractivity contribution in [1.29, 1.82) is 0 Å². The lowest BCUT2D eigenvalue weighted by Crippen LogP contribution is -1.63. The SMILES string of the molecule is C.CC.c1ccc2[nH]cnc2c1. The number of hydrogen-bond acceptors (Lipinski definition) is 1. The van der Waals surface area contributed by atoms with Crippen LogP contribution >= 0.6 is 0 Å². The van der Waals surface area contributed by atoms with Gasteiger partial charge in [-0.05, 0) is 12.1 Å². The van der Waals surface area contributed by atoms with Crippen molar-refractivity contribution >= 4 is 11.0 Å². The Morgan fingerprint density at radius 1 is 1.17 bits per heavy atom. The van der Waals surface area contributed by atoms with E-state index in [-0.39, 0.29) is 7.43 Å². The summed E-state index contributed by atoms with van der Waals surface area (Å²) in [4.78, 5) is 7.07. The van der Waals surface area contributed by atoms with E-state index in [0.717, 1.165) is 11.0 Å². The predicted octanol–water partition coefficient (Wildman–Crippen LogP) is 3.23. The fourth-order valence-corrected chi connectivity index (χ4v) is 0.880. The van der Waals surface area contributed by atoms with E-state index in [2.05, 4.69) is 9.97 Å². The second kappa shape index (κ2) is 5.35. The van der Waals surface area contributed by atoms with E-state index in [4.69, 9.17) is 0 Å². The van der Waals surface area contributed by atoms with Gasteiger partial charge in [0, 0.05) is 0 Å². The van der Waals surface area contributed by atoms with Crippen LogP contribution in [0.4, 0.5) is 0 Å². The fourth-order valence-electron chi connectivity index (χ4n) is 0.880. The van der Waals surface area contributed by atoms with Gasteiger partial charge in [-0.25, -0.2) is 4.98 Å². The molecule has 0 amide bonds. The van der Waals surface area contributed by atoms with Gasteiger partial charge in [0.25, 0.3) is 0 Å². The van der Waals surface area contributed by atoms with Crippen LogP contribution in [0.25, 0.3) is 11.0 Å². The molecule has 1 heterocycles. The average Bonchev–Trinajstić information content (AvgIpc) is 2.55. The molecule has 0 radical (unpaired) electrons. The molecule has 1 aromatic carbocycles. The first-order valence-corrected chi connectivity index (χ1v) is 3.85. The van der Waals surface area contributed by atoms with E-state index in [9.17, 15) is 0 Å². The van der Waals surface area contributed by atoms with Crippen LogP contribution < -0.4 is 0 Å². The molecule has 1 N–H and O–H groups in total. The number of aromatic amines is 1. The Morgan fingerprint density at radius 2 is 1.83 bits per heavy atom. The zero-order valence-corrected chi connectivity index (χ0v) is 6.83. The summed E-state index contributed by atoms with van der Waals surface area (Å²) in [5.74, 6) is 0. The smallest absolute Gasteiger partial charge is 0.0931 e. The van der Waals surface area contributed by atoms with Crippen molar-refractivity contribution < 1.29 is 0 Å². The van der Waals surface area contributed by atoms with Crippen LogP contribution in [0.2, 0.25) is 0 Å². The van der Waals surface area contributed by atoms with Crippen molar-refractivity contribution in [2.75, 3.05) is 0 Å². The molecular weight excluding hydrogens is 148 g/mol. The van der Waals surface area contributed by atoms with Crippen LogP contribution in [-0.2, 0) is 0 Å². The summed E-state index contributed by atoms with van der Waals surface area (Å²) in [7, 11) is 0. The Morgan fingerprint density at radius 3 is 2.50 bits per heavy atom. The zero-order valence-electron chi connectivity index (χ0n) is 6.83. The van der Waals surface area contributed by atoms with Gasteiger partial charge in [-0.3, -0.25) is 0 Å². The Labute approximate surface area is 73.6 Å². The minimum Gasteiger partial charge on any atom is -0.345 e. The maximum Gasteiger partial charge on any atom is 0.0931 e. The Kier molecular flexibility index (Phi) is 4.77. The van der Waals surface area contributed by atoms with Gasteiger partial charge in [0.1, 0.15) is 0 Å². The monoisotopic (exact) mass is 164 g/mol. The molecule has 2 rings (SSSR count). The molecule has 0 aliphatic carbocycles. The minimum atomic E-state index is 0. The molecule has 2 aromatic rings. The third-order valence-electron chi connectivity index (χ3n) is 1.33. The fraction of sp³-hybridized carbons (Fsp3) is 0.300. The van der Waals surface area contributed by atoms with Gasteiger partial charge >= 0.3 is 0 Å². The molecule has 0 aliphatic heterocycles. The van der Waals surface area contributed by atoms with E-state index in [1.165, 1.54) is 0 Å². The molecule has 1 aromatic heterocycles. The number of benzene rings is 1. The van der Waals surface area contributed by atoms with E-state index in [1.807, 2.05) is 38.1 Å². The van der Waals surface area contributed by atoms with Crippen LogP contribution in [0.15, 0.2) is 30.6 Å². The highest BCUT2D eigenvalue weighted by atomic mass is 14.9. The van der Waals surface area contributed by atoms with Gasteiger partial charge < -0.3 is 4.98 Å². The predicted molar refractivity (Wildman–Crippen MR) is 54.2 cm³/mol. The summed E-state index contributed by atoms with van der Waals surface area (Å²) in [5, 5.41) is 0. The van der Waals surface area contributed by atoms with Crippen LogP contribution in [-0.4, -0.2) is 9.97 Å². The lowest BCUT2D eigenvalue weighted by atomic mass is 10.3. The maximum absolute atomic E-state index is 4.06. The summed E-state index contributed by atoms with van der Waals surface area (Å²) < 4.78 is 0. The Balaban J connectivity index is 0.000000378. The largest absolute Gasteiger partial charge is 0.345 e. The van der Waals surface area contributed by atoms with Gasteiger partial charge in [-0.2, -0.15) is 0 Å². The molecule has 0 aliphatic rings. The molecular formula is C10H16N2. The average molecular weight is 164 g/mol. The summed E-state index contributed by atoms with van der Waals surface area (Å²) in [6.45, 7) is 4.00. The molecule has 0 saturated carbocycles. The highest BCUT2D eigenvalue weighted by Gasteiger charge is 1.88. The third-order valence-corrected chi connectivity index (χ3v) is 1.33. The number of nitrogens with one attached hydrogen (secondary N) is 1. The van der Waals surface area contributed by atoms with Gasteiger partial charge in [-0.15, -0.1) is 0 Å². The second-order valence-corrected chi connectivity index (χ2v) is 1.92. The van der Waals surface area contributed by atoms with Crippen LogP contribution in [0.1, 0.15) is 21.3 Å². The first-order chi connectivity index (χ1) is 5.47.